The van der Waals surface area contributed by atoms with Crippen LogP contribution in [0, 0.1) is 10.1 Å². The fourth-order valence-electron chi connectivity index (χ4n) is 2.97. The Morgan fingerprint density at radius 3 is 2.72 bits per heavy atom. The Labute approximate surface area is 176 Å². The van der Waals surface area contributed by atoms with Gasteiger partial charge in [-0.25, -0.2) is 9.71 Å². The number of aromatic nitrogens is 1. The van der Waals surface area contributed by atoms with Crippen LogP contribution in [0.3, 0.4) is 0 Å². The monoisotopic (exact) mass is 422 g/mol. The van der Waals surface area contributed by atoms with Gasteiger partial charge in [0.05, 0.1) is 21.2 Å². The molecule has 0 fully saturated rings. The molecule has 1 aromatic heterocycles. The summed E-state index contributed by atoms with van der Waals surface area (Å²) in [4.78, 5) is 16.2. The molecule has 0 aliphatic rings. The Morgan fingerprint density at radius 2 is 1.93 bits per heavy atom. The topological polar surface area (TPSA) is 94.1 Å². The lowest BCUT2D eigenvalue weighted by atomic mass is 10.1. The lowest BCUT2D eigenvalue weighted by Crippen LogP contribution is -2.17. The summed E-state index contributed by atoms with van der Waals surface area (Å²) in [5.74, 6) is 0. The molecular formula is C21H18N4O2S2. The first-order valence-electron chi connectivity index (χ1n) is 8.95. The quantitative estimate of drug-likeness (QED) is 0.180. The minimum Gasteiger partial charge on any atom is -0.399 e. The second-order valence-electron chi connectivity index (χ2n) is 6.50. The van der Waals surface area contributed by atoms with Crippen molar-refractivity contribution in [2.75, 3.05) is 5.73 Å². The number of fused-ring (bicyclic) bond motifs is 1. The van der Waals surface area contributed by atoms with Crippen molar-refractivity contribution < 1.29 is 4.92 Å². The van der Waals surface area contributed by atoms with Crippen LogP contribution in [-0.2, 0) is 6.42 Å². The number of nitrogen functional groups attached to an aromatic ring is 1. The summed E-state index contributed by atoms with van der Waals surface area (Å²) in [5.41, 5.74) is 8.80. The van der Waals surface area contributed by atoms with Crippen molar-refractivity contribution in [3.8, 4) is 0 Å². The zero-order chi connectivity index (χ0) is 20.2. The van der Waals surface area contributed by atoms with E-state index >= 15 is 0 Å². The van der Waals surface area contributed by atoms with Crippen LogP contribution in [0.5, 0.6) is 0 Å². The van der Waals surface area contributed by atoms with E-state index in [2.05, 4.69) is 10.8 Å². The largest absolute Gasteiger partial charge is 0.399 e. The van der Waals surface area contributed by atoms with E-state index in [0.717, 1.165) is 31.4 Å². The molecule has 146 valence electrons. The molecule has 0 aliphatic heterocycles. The van der Waals surface area contributed by atoms with Gasteiger partial charge in [0.25, 0.3) is 5.69 Å². The fourth-order valence-corrected chi connectivity index (χ4v) is 4.87. The van der Waals surface area contributed by atoms with E-state index in [9.17, 15) is 10.1 Å². The molecule has 0 amide bonds. The van der Waals surface area contributed by atoms with Gasteiger partial charge in [-0.2, -0.15) is 0 Å². The third kappa shape index (κ3) is 4.73. The number of non-ortho nitro benzene ring substituents is 1. The van der Waals surface area contributed by atoms with Gasteiger partial charge in [0.15, 0.2) is 0 Å². The Morgan fingerprint density at radius 1 is 1.10 bits per heavy atom. The summed E-state index contributed by atoms with van der Waals surface area (Å²) in [5, 5.41) is 12.0. The van der Waals surface area contributed by atoms with Crippen LogP contribution in [0.2, 0.25) is 0 Å². The summed E-state index contributed by atoms with van der Waals surface area (Å²) >= 11 is 3.01. The summed E-state index contributed by atoms with van der Waals surface area (Å²) in [6.45, 7) is 0. The van der Waals surface area contributed by atoms with Crippen LogP contribution >= 0.6 is 23.3 Å². The Bertz CT molecular complexity index is 1130. The van der Waals surface area contributed by atoms with Crippen LogP contribution in [0.4, 0.5) is 11.4 Å². The van der Waals surface area contributed by atoms with E-state index in [1.165, 1.54) is 18.0 Å². The van der Waals surface area contributed by atoms with Gasteiger partial charge in [0, 0.05) is 22.7 Å². The molecule has 0 radical (unpaired) electrons. The number of anilines is 1. The average molecular weight is 423 g/mol. The lowest BCUT2D eigenvalue weighted by Gasteiger charge is -2.16. The summed E-state index contributed by atoms with van der Waals surface area (Å²) in [7, 11) is 0. The number of rotatable bonds is 7. The number of thiazole rings is 1. The van der Waals surface area contributed by atoms with Crippen LogP contribution in [0.25, 0.3) is 10.2 Å². The van der Waals surface area contributed by atoms with Gasteiger partial charge >= 0.3 is 0 Å². The number of nitro benzene ring substituents is 1. The maximum Gasteiger partial charge on any atom is 0.270 e. The highest BCUT2D eigenvalue weighted by Gasteiger charge is 2.18. The standard InChI is InChI=1S/C21H18N4O2S2/c22-15-6-3-5-14(11-15)12-19(21-23-18-9-1-2-10-20(18)28-21)24-29-17-8-4-7-16(13-17)25(26)27/h1-11,13,19,24H,12,22H2. The first kappa shape index (κ1) is 19.4. The van der Waals surface area contributed by atoms with Crippen LogP contribution in [0.1, 0.15) is 16.6 Å². The molecule has 3 aromatic carbocycles. The van der Waals surface area contributed by atoms with Crippen molar-refractivity contribution in [3.63, 3.8) is 0 Å². The number of nitrogens with one attached hydrogen (secondary N) is 1. The molecule has 8 heteroatoms. The number of para-hydroxylation sites is 1. The molecule has 1 atom stereocenters. The first-order valence-corrected chi connectivity index (χ1v) is 10.6. The smallest absolute Gasteiger partial charge is 0.270 e. The normalized spacial score (nSPS) is 12.1. The SMILES string of the molecule is Nc1cccc(CC(NSc2cccc([N+](=O)[O-])c2)c2nc3ccccc3s2)c1. The predicted molar refractivity (Wildman–Crippen MR) is 119 cm³/mol. The number of hydrogen-bond donors (Lipinski definition) is 2. The number of benzene rings is 3. The van der Waals surface area contributed by atoms with Crippen molar-refractivity contribution >= 4 is 44.9 Å². The van der Waals surface area contributed by atoms with Crippen LogP contribution < -0.4 is 10.5 Å². The first-order chi connectivity index (χ1) is 14.1. The second-order valence-corrected chi connectivity index (χ2v) is 8.47. The highest BCUT2D eigenvalue weighted by Crippen LogP contribution is 2.31. The molecular weight excluding hydrogens is 404 g/mol. The van der Waals surface area contributed by atoms with Crippen molar-refractivity contribution in [2.45, 2.75) is 17.4 Å². The molecule has 0 saturated carbocycles. The second kappa shape index (κ2) is 8.60. The third-order valence-corrected chi connectivity index (χ3v) is 6.39. The van der Waals surface area contributed by atoms with Gasteiger partial charge in [0.1, 0.15) is 5.01 Å². The molecule has 4 rings (SSSR count). The number of nitrogens with zero attached hydrogens (tertiary/aromatic N) is 2. The maximum absolute atomic E-state index is 11.0. The van der Waals surface area contributed by atoms with E-state index in [1.807, 2.05) is 48.5 Å². The van der Waals surface area contributed by atoms with Crippen LogP contribution in [0.15, 0.2) is 77.7 Å². The van der Waals surface area contributed by atoms with E-state index in [0.29, 0.717) is 6.42 Å². The molecule has 4 aromatic rings. The van der Waals surface area contributed by atoms with E-state index < -0.39 is 0 Å². The van der Waals surface area contributed by atoms with E-state index in [4.69, 9.17) is 10.7 Å². The van der Waals surface area contributed by atoms with E-state index in [1.54, 1.807) is 23.5 Å². The third-order valence-electron chi connectivity index (χ3n) is 4.35. The molecule has 0 aliphatic carbocycles. The minimum absolute atomic E-state index is 0.0709. The molecule has 6 nitrogen and oxygen atoms in total. The van der Waals surface area contributed by atoms with Gasteiger partial charge in [-0.05, 0) is 54.3 Å². The maximum atomic E-state index is 11.0. The fraction of sp³-hybridized carbons (Fsp3) is 0.0952. The number of hydrogen-bond acceptors (Lipinski definition) is 7. The van der Waals surface area contributed by atoms with Gasteiger partial charge < -0.3 is 5.73 Å². The van der Waals surface area contributed by atoms with Crippen molar-refractivity contribution in [2.24, 2.45) is 0 Å². The summed E-state index contributed by atoms with van der Waals surface area (Å²) in [6, 6.07) is 22.3. The average Bonchev–Trinajstić information content (AvgIpc) is 3.15. The lowest BCUT2D eigenvalue weighted by molar-refractivity contribution is -0.385. The number of nitrogens with two attached hydrogens (primary N) is 1. The van der Waals surface area contributed by atoms with Gasteiger partial charge in [-0.1, -0.05) is 30.3 Å². The Kier molecular flexibility index (Phi) is 5.75. The summed E-state index contributed by atoms with van der Waals surface area (Å²) in [6.07, 6.45) is 0.701. The minimum atomic E-state index is -0.387. The van der Waals surface area contributed by atoms with Crippen molar-refractivity contribution in [1.82, 2.24) is 9.71 Å². The van der Waals surface area contributed by atoms with Crippen LogP contribution in [-0.4, -0.2) is 9.91 Å². The molecule has 0 spiro atoms. The van der Waals surface area contributed by atoms with Gasteiger partial charge in [0.2, 0.25) is 0 Å². The van der Waals surface area contributed by atoms with Gasteiger partial charge in [-0.15, -0.1) is 11.3 Å². The Balaban J connectivity index is 1.60. The number of nitro groups is 1. The molecule has 3 N–H and O–H groups in total. The molecule has 0 saturated heterocycles. The van der Waals surface area contributed by atoms with Crippen molar-refractivity contribution in [3.05, 3.63) is 93.5 Å². The molecule has 0 bridgehead atoms. The molecule has 1 unspecified atom stereocenters. The van der Waals surface area contributed by atoms with Crippen molar-refractivity contribution in [1.29, 1.82) is 0 Å². The highest BCUT2D eigenvalue weighted by atomic mass is 32.2. The highest BCUT2D eigenvalue weighted by molar-refractivity contribution is 7.97. The zero-order valence-corrected chi connectivity index (χ0v) is 17.0. The Hall–Kier alpha value is -2.94. The van der Waals surface area contributed by atoms with Gasteiger partial charge in [-0.3, -0.25) is 10.1 Å². The molecule has 1 heterocycles. The predicted octanol–water partition coefficient (Wildman–Crippen LogP) is 5.37. The zero-order valence-electron chi connectivity index (χ0n) is 15.3. The molecule has 29 heavy (non-hydrogen) atoms. The van der Waals surface area contributed by atoms with E-state index in [-0.39, 0.29) is 16.7 Å². The summed E-state index contributed by atoms with van der Waals surface area (Å²) < 4.78 is 4.58.